The van der Waals surface area contributed by atoms with Crippen LogP contribution in [0.1, 0.15) is 33.6 Å². The number of carboxylic acid groups (broad SMARTS) is 2. The molecule has 0 spiro atoms. The zero-order valence-corrected chi connectivity index (χ0v) is 18.4. The molecule has 0 bridgehead atoms. The van der Waals surface area contributed by atoms with E-state index in [1.807, 2.05) is 0 Å². The minimum absolute atomic E-state index is 0.00496. The molecule has 2 aromatic carbocycles. The van der Waals surface area contributed by atoms with E-state index in [0.29, 0.717) is 6.29 Å². The molecular formula is C21H22N2O10S. The van der Waals surface area contributed by atoms with Crippen LogP contribution in [0.25, 0.3) is 0 Å². The molecule has 0 aromatic heterocycles. The van der Waals surface area contributed by atoms with Gasteiger partial charge in [-0.1, -0.05) is 12.1 Å². The molecule has 0 saturated carbocycles. The van der Waals surface area contributed by atoms with Crippen LogP contribution in [0.15, 0.2) is 47.4 Å². The highest BCUT2D eigenvalue weighted by molar-refractivity contribution is 7.89. The first-order valence-electron chi connectivity index (χ1n) is 9.81. The number of phenols is 1. The van der Waals surface area contributed by atoms with Gasteiger partial charge in [0.25, 0.3) is 5.91 Å². The van der Waals surface area contributed by atoms with E-state index >= 15 is 0 Å². The van der Waals surface area contributed by atoms with E-state index in [1.165, 1.54) is 12.1 Å². The molecule has 2 aromatic rings. The van der Waals surface area contributed by atoms with Crippen LogP contribution in [0.5, 0.6) is 11.5 Å². The van der Waals surface area contributed by atoms with E-state index in [4.69, 9.17) is 14.9 Å². The van der Waals surface area contributed by atoms with Crippen molar-refractivity contribution in [2.24, 2.45) is 0 Å². The second-order valence-electron chi connectivity index (χ2n) is 6.89. The Balaban J connectivity index is 1.94. The lowest BCUT2D eigenvalue weighted by Crippen LogP contribution is -2.37. The van der Waals surface area contributed by atoms with Gasteiger partial charge in [0.15, 0.2) is 0 Å². The topological polar surface area (TPSA) is 196 Å². The highest BCUT2D eigenvalue weighted by Gasteiger charge is 2.20. The molecule has 5 N–H and O–H groups in total. The van der Waals surface area contributed by atoms with E-state index < -0.39 is 51.6 Å². The van der Waals surface area contributed by atoms with Gasteiger partial charge < -0.3 is 30.2 Å². The largest absolute Gasteiger partial charge is 0.507 e. The van der Waals surface area contributed by atoms with Gasteiger partial charge in [-0.25, -0.2) is 17.9 Å². The number of sulfonamides is 1. The fourth-order valence-corrected chi connectivity index (χ4v) is 3.85. The first-order valence-corrected chi connectivity index (χ1v) is 11.3. The Morgan fingerprint density at radius 3 is 2.41 bits per heavy atom. The number of carbonyl (C=O) groups excluding carboxylic acids is 2. The van der Waals surface area contributed by atoms with Crippen LogP contribution in [-0.2, 0) is 19.6 Å². The van der Waals surface area contributed by atoms with Crippen LogP contribution in [0.3, 0.4) is 0 Å². The van der Waals surface area contributed by atoms with E-state index in [-0.39, 0.29) is 35.8 Å². The molecule has 34 heavy (non-hydrogen) atoms. The minimum Gasteiger partial charge on any atom is -0.507 e. The van der Waals surface area contributed by atoms with Crippen molar-refractivity contribution in [3.8, 4) is 11.5 Å². The Morgan fingerprint density at radius 1 is 1.06 bits per heavy atom. The number of ether oxygens (including phenoxy) is 1. The first kappa shape index (κ1) is 26.3. The molecular weight excluding hydrogens is 472 g/mol. The highest BCUT2D eigenvalue weighted by Crippen LogP contribution is 2.21. The van der Waals surface area contributed by atoms with Gasteiger partial charge in [-0.15, -0.1) is 0 Å². The number of aromatic carboxylic acids is 1. The first-order chi connectivity index (χ1) is 16.0. The predicted octanol–water partition coefficient (Wildman–Crippen LogP) is 0.610. The molecule has 0 fully saturated rings. The third kappa shape index (κ3) is 7.28. The van der Waals surface area contributed by atoms with E-state index in [1.54, 1.807) is 12.1 Å². The summed E-state index contributed by atoms with van der Waals surface area (Å²) in [6, 6.07) is 7.69. The molecule has 0 aliphatic rings. The Bertz CT molecular complexity index is 1180. The lowest BCUT2D eigenvalue weighted by atomic mass is 10.1. The van der Waals surface area contributed by atoms with Gasteiger partial charge in [0.05, 0.1) is 29.5 Å². The molecule has 1 atom stereocenters. The van der Waals surface area contributed by atoms with Crippen molar-refractivity contribution in [1.29, 1.82) is 0 Å². The number of carboxylic acids is 2. The molecule has 0 radical (unpaired) electrons. The average Bonchev–Trinajstić information content (AvgIpc) is 2.78. The summed E-state index contributed by atoms with van der Waals surface area (Å²) in [5.41, 5.74) is -0.494. The van der Waals surface area contributed by atoms with Crippen LogP contribution in [0.4, 0.5) is 0 Å². The molecule has 0 unspecified atom stereocenters. The maximum atomic E-state index is 12.4. The second-order valence-corrected chi connectivity index (χ2v) is 8.66. The second kappa shape index (κ2) is 11.8. The molecule has 0 saturated heterocycles. The van der Waals surface area contributed by atoms with Crippen molar-refractivity contribution >= 4 is 34.2 Å². The van der Waals surface area contributed by atoms with Crippen LogP contribution in [-0.4, -0.2) is 67.1 Å². The fraction of sp³-hybridized carbons (Fsp3) is 0.238. The summed E-state index contributed by atoms with van der Waals surface area (Å²) in [5.74, 6) is -3.86. The normalized spacial score (nSPS) is 11.9. The third-order valence-electron chi connectivity index (χ3n) is 4.39. The van der Waals surface area contributed by atoms with E-state index in [9.17, 15) is 32.7 Å². The van der Waals surface area contributed by atoms with Gasteiger partial charge in [-0.2, -0.15) is 0 Å². The van der Waals surface area contributed by atoms with Gasteiger partial charge in [0, 0.05) is 6.54 Å². The van der Waals surface area contributed by atoms with E-state index in [2.05, 4.69) is 10.0 Å². The van der Waals surface area contributed by atoms with Crippen LogP contribution >= 0.6 is 0 Å². The molecule has 0 aliphatic carbocycles. The van der Waals surface area contributed by atoms with Gasteiger partial charge in [-0.3, -0.25) is 9.59 Å². The Labute approximate surface area is 194 Å². The molecule has 0 heterocycles. The number of amides is 1. The van der Waals surface area contributed by atoms with Crippen molar-refractivity contribution in [2.45, 2.75) is 23.8 Å². The number of hydrogen-bond donors (Lipinski definition) is 5. The number of hydrogen-bond acceptors (Lipinski definition) is 8. The van der Waals surface area contributed by atoms with Gasteiger partial charge >= 0.3 is 11.9 Å². The number of benzene rings is 2. The fourth-order valence-electron chi connectivity index (χ4n) is 2.75. The summed E-state index contributed by atoms with van der Waals surface area (Å²) < 4.78 is 32.5. The summed E-state index contributed by atoms with van der Waals surface area (Å²) in [4.78, 5) is 44.9. The molecule has 12 nitrogen and oxygen atoms in total. The molecule has 182 valence electrons. The highest BCUT2D eigenvalue weighted by atomic mass is 32.2. The third-order valence-corrected chi connectivity index (χ3v) is 5.85. The smallest absolute Gasteiger partial charge is 0.339 e. The number of aromatic hydroxyl groups is 1. The van der Waals surface area contributed by atoms with Crippen molar-refractivity contribution in [3.63, 3.8) is 0 Å². The Hall–Kier alpha value is -3.97. The summed E-state index contributed by atoms with van der Waals surface area (Å²) in [6.45, 7) is -0.0825. The lowest BCUT2D eigenvalue weighted by molar-refractivity contribution is -0.138. The summed E-state index contributed by atoms with van der Waals surface area (Å²) in [7, 11) is -4.05. The van der Waals surface area contributed by atoms with Gasteiger partial charge in [-0.05, 0) is 36.8 Å². The molecule has 13 heteroatoms. The quantitative estimate of drug-likeness (QED) is 0.194. The molecule has 1 amide bonds. The van der Waals surface area contributed by atoms with Crippen molar-refractivity contribution in [2.75, 3.05) is 13.2 Å². The zero-order valence-electron chi connectivity index (χ0n) is 17.6. The van der Waals surface area contributed by atoms with Crippen LogP contribution in [0, 0.1) is 0 Å². The van der Waals surface area contributed by atoms with Crippen molar-refractivity contribution in [1.82, 2.24) is 10.0 Å². The van der Waals surface area contributed by atoms with Crippen LogP contribution in [0.2, 0.25) is 0 Å². The standard InChI is InChI=1S/C21H22N2O10S/c24-12-13(10-19(26)27)23-20(28)15-4-1-2-5-18(15)33-9-3-8-22-34(31,32)14-6-7-17(25)16(11-14)21(29)30/h1-2,4-7,11-13,22,25H,3,8-10H2,(H,23,28)(H,26,27)(H,29,30)/t13-/m0/s1. The summed E-state index contributed by atoms with van der Waals surface area (Å²) in [6.07, 6.45) is -0.0858. The van der Waals surface area contributed by atoms with Crippen molar-refractivity contribution < 1.29 is 47.7 Å². The van der Waals surface area contributed by atoms with Crippen molar-refractivity contribution in [3.05, 3.63) is 53.6 Å². The lowest BCUT2D eigenvalue weighted by Gasteiger charge is -2.14. The maximum Gasteiger partial charge on any atom is 0.339 e. The number of rotatable bonds is 13. The maximum absolute atomic E-state index is 12.4. The number of nitrogens with one attached hydrogen (secondary N) is 2. The SMILES string of the molecule is O=C[C@H](CC(=O)O)NC(=O)c1ccccc1OCCCNS(=O)(=O)c1ccc(O)c(C(=O)O)c1. The van der Waals surface area contributed by atoms with E-state index in [0.717, 1.165) is 18.2 Å². The summed E-state index contributed by atoms with van der Waals surface area (Å²) in [5, 5.41) is 29.6. The number of carbonyl (C=O) groups is 4. The summed E-state index contributed by atoms with van der Waals surface area (Å²) >= 11 is 0. The zero-order chi connectivity index (χ0) is 25.3. The number of para-hydroxylation sites is 1. The minimum atomic E-state index is -4.05. The molecule has 2 rings (SSSR count). The van der Waals surface area contributed by atoms with Gasteiger partial charge in [0.1, 0.15) is 23.3 Å². The number of aldehydes is 1. The average molecular weight is 494 g/mol. The Morgan fingerprint density at radius 2 is 1.76 bits per heavy atom. The predicted molar refractivity (Wildman–Crippen MR) is 116 cm³/mol. The monoisotopic (exact) mass is 494 g/mol. The van der Waals surface area contributed by atoms with Gasteiger partial charge in [0.2, 0.25) is 10.0 Å². The molecule has 0 aliphatic heterocycles. The Kier molecular flexibility index (Phi) is 9.10. The van der Waals surface area contributed by atoms with Crippen LogP contribution < -0.4 is 14.8 Å². The number of aliphatic carboxylic acids is 1.